The Morgan fingerprint density at radius 2 is 2.20 bits per heavy atom. The van der Waals surface area contributed by atoms with Crippen molar-refractivity contribution < 1.29 is 9.53 Å². The number of fused-ring (bicyclic) bond motifs is 3. The zero-order chi connectivity index (χ0) is 17.6. The van der Waals surface area contributed by atoms with Crippen LogP contribution in [0.1, 0.15) is 26.3 Å². The number of anilines is 2. The van der Waals surface area contributed by atoms with Crippen molar-refractivity contribution in [3.05, 3.63) is 17.7 Å². The predicted molar refractivity (Wildman–Crippen MR) is 98.3 cm³/mol. The highest BCUT2D eigenvalue weighted by molar-refractivity contribution is 6.09. The summed E-state index contributed by atoms with van der Waals surface area (Å²) in [5, 5.41) is 11.1. The van der Waals surface area contributed by atoms with Gasteiger partial charge in [-0.1, -0.05) is 13.8 Å². The molecule has 0 spiro atoms. The number of hydrazone groups is 1. The number of ether oxygens (including phenoxy) is 1. The van der Waals surface area contributed by atoms with Crippen molar-refractivity contribution in [2.75, 3.05) is 29.9 Å². The summed E-state index contributed by atoms with van der Waals surface area (Å²) in [5.74, 6) is 2.03. The van der Waals surface area contributed by atoms with Gasteiger partial charge >= 0.3 is 0 Å². The van der Waals surface area contributed by atoms with Crippen LogP contribution < -0.4 is 25.7 Å². The Morgan fingerprint density at radius 1 is 1.40 bits per heavy atom. The SMILES string of the molecule is CC(C)Cc1cc2c(cc1NC1CNC1)N1C(=NNC(=O)C1C)CO2. The second-order valence-electron chi connectivity index (χ2n) is 7.41. The van der Waals surface area contributed by atoms with Crippen LogP contribution in [0.5, 0.6) is 5.75 Å². The van der Waals surface area contributed by atoms with Crippen LogP contribution in [0.3, 0.4) is 0 Å². The van der Waals surface area contributed by atoms with Crippen molar-refractivity contribution in [2.24, 2.45) is 11.0 Å². The van der Waals surface area contributed by atoms with Crippen LogP contribution in [0.4, 0.5) is 11.4 Å². The van der Waals surface area contributed by atoms with E-state index in [4.69, 9.17) is 4.74 Å². The number of hydrogen-bond acceptors (Lipinski definition) is 6. The second kappa shape index (κ2) is 6.22. The number of nitrogens with one attached hydrogen (secondary N) is 3. The van der Waals surface area contributed by atoms with E-state index < -0.39 is 0 Å². The molecule has 3 heterocycles. The maximum absolute atomic E-state index is 12.1. The summed E-state index contributed by atoms with van der Waals surface area (Å²) in [5.41, 5.74) is 5.87. The Kier molecular flexibility index (Phi) is 4.03. The Labute approximate surface area is 147 Å². The van der Waals surface area contributed by atoms with Crippen molar-refractivity contribution in [3.8, 4) is 5.75 Å². The lowest BCUT2D eigenvalue weighted by Crippen LogP contribution is -2.55. The highest BCUT2D eigenvalue weighted by Gasteiger charge is 2.36. The maximum Gasteiger partial charge on any atom is 0.262 e. The minimum absolute atomic E-state index is 0.0967. The molecule has 7 heteroatoms. The van der Waals surface area contributed by atoms with Gasteiger partial charge < -0.3 is 20.3 Å². The summed E-state index contributed by atoms with van der Waals surface area (Å²) in [6.45, 7) is 8.66. The minimum Gasteiger partial charge on any atom is -0.483 e. The zero-order valence-electron chi connectivity index (χ0n) is 14.9. The van der Waals surface area contributed by atoms with E-state index in [0.29, 0.717) is 18.6 Å². The van der Waals surface area contributed by atoms with Gasteiger partial charge in [0.25, 0.3) is 5.91 Å². The van der Waals surface area contributed by atoms with Gasteiger partial charge in [0, 0.05) is 18.8 Å². The second-order valence-corrected chi connectivity index (χ2v) is 7.41. The molecule has 0 saturated carbocycles. The Hall–Kier alpha value is -2.28. The molecule has 7 nitrogen and oxygen atoms in total. The van der Waals surface area contributed by atoms with Gasteiger partial charge in [-0.05, 0) is 37.0 Å². The van der Waals surface area contributed by atoms with E-state index in [0.717, 1.165) is 42.5 Å². The van der Waals surface area contributed by atoms with Gasteiger partial charge in [-0.25, -0.2) is 5.43 Å². The zero-order valence-corrected chi connectivity index (χ0v) is 14.9. The number of rotatable bonds is 4. The standard InChI is InChI=1S/C18H25N5O2/c1-10(2)4-12-5-16-15(6-14(12)20-13-7-19-8-13)23-11(3)18(24)22-21-17(23)9-25-16/h5-6,10-11,13,19-20H,4,7-9H2,1-3H3,(H,22,24). The lowest BCUT2D eigenvalue weighted by Gasteiger charge is -2.39. The first kappa shape index (κ1) is 16.2. The first-order valence-corrected chi connectivity index (χ1v) is 8.95. The smallest absolute Gasteiger partial charge is 0.262 e. The fourth-order valence-electron chi connectivity index (χ4n) is 3.47. The molecular formula is C18H25N5O2. The number of carbonyl (C=O) groups excluding carboxylic acids is 1. The van der Waals surface area contributed by atoms with Crippen LogP contribution in [0.25, 0.3) is 0 Å². The summed E-state index contributed by atoms with van der Waals surface area (Å²) in [7, 11) is 0. The van der Waals surface area contributed by atoms with Crippen molar-refractivity contribution in [1.29, 1.82) is 0 Å². The number of hydrogen-bond donors (Lipinski definition) is 3. The first-order chi connectivity index (χ1) is 12.0. The molecule has 0 aliphatic carbocycles. The van der Waals surface area contributed by atoms with Crippen LogP contribution in [-0.2, 0) is 11.2 Å². The van der Waals surface area contributed by atoms with Crippen LogP contribution >= 0.6 is 0 Å². The third kappa shape index (κ3) is 2.93. The van der Waals surface area contributed by atoms with Gasteiger partial charge in [0.15, 0.2) is 5.84 Å². The number of nitrogens with zero attached hydrogens (tertiary/aromatic N) is 2. The molecule has 4 rings (SSSR count). The predicted octanol–water partition coefficient (Wildman–Crippen LogP) is 1.30. The van der Waals surface area contributed by atoms with Gasteiger partial charge in [-0.3, -0.25) is 4.79 Å². The highest BCUT2D eigenvalue weighted by atomic mass is 16.5. The molecule has 0 bridgehead atoms. The summed E-state index contributed by atoms with van der Waals surface area (Å²) in [6.07, 6.45) is 0.982. The minimum atomic E-state index is -0.302. The largest absolute Gasteiger partial charge is 0.483 e. The van der Waals surface area contributed by atoms with Crippen LogP contribution in [0.15, 0.2) is 17.2 Å². The lowest BCUT2D eigenvalue weighted by molar-refractivity contribution is -0.122. The molecule has 3 aliphatic heterocycles. The van der Waals surface area contributed by atoms with E-state index in [2.05, 4.69) is 47.1 Å². The van der Waals surface area contributed by atoms with Crippen molar-refractivity contribution in [1.82, 2.24) is 10.7 Å². The third-order valence-corrected chi connectivity index (χ3v) is 4.91. The van der Waals surface area contributed by atoms with Crippen LogP contribution in [0.2, 0.25) is 0 Å². The molecule has 0 aromatic heterocycles. The van der Waals surface area contributed by atoms with E-state index in [1.807, 2.05) is 11.8 Å². The Bertz CT molecular complexity index is 726. The Morgan fingerprint density at radius 3 is 2.88 bits per heavy atom. The fraction of sp³-hybridized carbons (Fsp3) is 0.556. The van der Waals surface area contributed by atoms with E-state index in [-0.39, 0.29) is 11.9 Å². The van der Waals surface area contributed by atoms with E-state index in [1.54, 1.807) is 0 Å². The summed E-state index contributed by atoms with van der Waals surface area (Å²) < 4.78 is 5.94. The molecule has 1 saturated heterocycles. The molecule has 3 aliphatic rings. The first-order valence-electron chi connectivity index (χ1n) is 8.95. The average molecular weight is 343 g/mol. The van der Waals surface area contributed by atoms with Crippen LogP contribution in [0, 0.1) is 5.92 Å². The Balaban J connectivity index is 1.75. The molecule has 1 unspecified atom stereocenters. The molecular weight excluding hydrogens is 318 g/mol. The normalized spacial score (nSPS) is 22.4. The summed E-state index contributed by atoms with van der Waals surface area (Å²) in [4.78, 5) is 14.1. The number of carbonyl (C=O) groups is 1. The third-order valence-electron chi connectivity index (χ3n) is 4.91. The molecule has 1 aromatic rings. The molecule has 1 atom stereocenters. The molecule has 3 N–H and O–H groups in total. The monoisotopic (exact) mass is 343 g/mol. The van der Waals surface area contributed by atoms with Gasteiger partial charge in [0.05, 0.1) is 11.7 Å². The maximum atomic E-state index is 12.1. The number of amides is 1. The lowest BCUT2D eigenvalue weighted by atomic mass is 9.98. The van der Waals surface area contributed by atoms with Gasteiger partial charge in [-0.15, -0.1) is 0 Å². The molecule has 25 heavy (non-hydrogen) atoms. The topological polar surface area (TPSA) is 78.0 Å². The van der Waals surface area contributed by atoms with Crippen molar-refractivity contribution in [3.63, 3.8) is 0 Å². The van der Waals surface area contributed by atoms with Gasteiger partial charge in [0.2, 0.25) is 0 Å². The molecule has 0 radical (unpaired) electrons. The van der Waals surface area contributed by atoms with Gasteiger partial charge in [0.1, 0.15) is 18.4 Å². The quantitative estimate of drug-likeness (QED) is 0.768. The van der Waals surface area contributed by atoms with E-state index in [9.17, 15) is 4.79 Å². The number of amidine groups is 1. The molecule has 134 valence electrons. The summed E-state index contributed by atoms with van der Waals surface area (Å²) in [6, 6.07) is 4.39. The van der Waals surface area contributed by atoms with E-state index in [1.165, 1.54) is 5.56 Å². The number of benzene rings is 1. The van der Waals surface area contributed by atoms with Gasteiger partial charge in [-0.2, -0.15) is 5.10 Å². The average Bonchev–Trinajstić information content (AvgIpc) is 2.53. The molecule has 1 amide bonds. The highest BCUT2D eigenvalue weighted by Crippen LogP contribution is 2.40. The summed E-state index contributed by atoms with van der Waals surface area (Å²) >= 11 is 0. The molecule has 1 aromatic carbocycles. The van der Waals surface area contributed by atoms with Crippen molar-refractivity contribution >= 4 is 23.1 Å². The fourth-order valence-corrected chi connectivity index (χ4v) is 3.47. The van der Waals surface area contributed by atoms with Crippen molar-refractivity contribution in [2.45, 2.75) is 39.3 Å². The van der Waals surface area contributed by atoms with E-state index >= 15 is 0 Å². The van der Waals surface area contributed by atoms with Crippen LogP contribution in [-0.4, -0.2) is 43.5 Å². The molecule has 1 fully saturated rings.